The average Bonchev–Trinajstić information content (AvgIpc) is 3.34. The fraction of sp³-hybridized carbons (Fsp3) is 0.609. The van der Waals surface area contributed by atoms with Crippen molar-refractivity contribution in [2.45, 2.75) is 90.4 Å². The zero-order chi connectivity index (χ0) is 50.1. The van der Waals surface area contributed by atoms with Crippen LogP contribution in [0.25, 0.3) is 0 Å². The molecule has 2 aliphatic rings. The first-order chi connectivity index (χ1) is 33.2. The van der Waals surface area contributed by atoms with Gasteiger partial charge in [0.25, 0.3) is 0 Å². The fourth-order valence-electron chi connectivity index (χ4n) is 7.79. The largest absolute Gasteiger partial charge is 0.447 e. The van der Waals surface area contributed by atoms with Crippen molar-refractivity contribution in [3.63, 3.8) is 0 Å². The van der Waals surface area contributed by atoms with Crippen molar-refractivity contribution in [3.8, 4) is 0 Å². The smallest absolute Gasteiger partial charge is 0.413 e. The molecule has 0 spiro atoms. The summed E-state index contributed by atoms with van der Waals surface area (Å²) in [5.74, 6) is 1.47. The first-order valence-electron chi connectivity index (χ1n) is 23.2. The first-order valence-corrected chi connectivity index (χ1v) is 23.2. The maximum absolute atomic E-state index is 12.6. The van der Waals surface area contributed by atoms with Crippen LogP contribution in [-0.2, 0) is 33.2 Å². The Morgan fingerprint density at radius 2 is 1.04 bits per heavy atom. The predicted molar refractivity (Wildman–Crippen MR) is 253 cm³/mol. The third-order valence-electron chi connectivity index (χ3n) is 11.7. The zero-order valence-electron chi connectivity index (χ0n) is 39.6. The Labute approximate surface area is 401 Å². The molecule has 2 saturated carbocycles. The Morgan fingerprint density at radius 3 is 1.57 bits per heavy atom. The van der Waals surface area contributed by atoms with Gasteiger partial charge in [-0.3, -0.25) is 21.3 Å². The molecule has 0 bridgehead atoms. The summed E-state index contributed by atoms with van der Waals surface area (Å²) in [4.78, 5) is 74.7. The highest BCUT2D eigenvalue weighted by Gasteiger charge is 2.25. The highest BCUT2D eigenvalue weighted by atomic mass is 16.7. The second kappa shape index (κ2) is 29.7. The number of rotatable bonds is 23. The minimum atomic E-state index is -1.09. The maximum atomic E-state index is 12.6. The molecule has 23 nitrogen and oxygen atoms in total. The molecule has 4 rings (SSSR count). The number of hydrogen-bond donors (Lipinski definition) is 10. The van der Waals surface area contributed by atoms with Gasteiger partial charge in [0.1, 0.15) is 19.8 Å². The SMILES string of the molecule is Cc1cc(NC(=O)OCC(C)OCOC(=O)Nc2ccc(C)c(NC(=O)OCC(CO)OC(=O)NCC3CCCC(CN)C3)c2)ccc1NC(=O)OCC(CO)OC(=O)NCC1CCCC(CN)C1. The Balaban J connectivity index is 1.08. The molecule has 23 heteroatoms. The molecule has 7 atom stereocenters. The number of hydrogen-bond acceptors (Lipinski definition) is 17. The van der Waals surface area contributed by atoms with E-state index >= 15 is 0 Å². The molecule has 0 radical (unpaired) electrons. The second-order valence-corrected chi connectivity index (χ2v) is 17.3. The van der Waals surface area contributed by atoms with Crippen LogP contribution < -0.4 is 43.4 Å². The van der Waals surface area contributed by atoms with Gasteiger partial charge in [-0.25, -0.2) is 28.8 Å². The van der Waals surface area contributed by atoms with Crippen LogP contribution in [-0.4, -0.2) is 131 Å². The highest BCUT2D eigenvalue weighted by Crippen LogP contribution is 2.29. The summed E-state index contributed by atoms with van der Waals surface area (Å²) in [5, 5.41) is 35.0. The van der Waals surface area contributed by atoms with Crippen molar-refractivity contribution in [1.82, 2.24) is 10.6 Å². The lowest BCUT2D eigenvalue weighted by Gasteiger charge is -2.28. The molecule has 0 aliphatic heterocycles. The zero-order valence-corrected chi connectivity index (χ0v) is 39.6. The lowest BCUT2D eigenvalue weighted by atomic mass is 9.81. The van der Waals surface area contributed by atoms with E-state index in [9.17, 15) is 39.0 Å². The van der Waals surface area contributed by atoms with E-state index in [1.54, 1.807) is 39.0 Å². The number of benzene rings is 2. The van der Waals surface area contributed by atoms with E-state index in [0.29, 0.717) is 78.0 Å². The molecular formula is C46H70N8O15. The van der Waals surface area contributed by atoms with Gasteiger partial charge in [0.15, 0.2) is 19.0 Å². The van der Waals surface area contributed by atoms with E-state index in [1.165, 1.54) is 18.2 Å². The molecule has 2 aromatic rings. The van der Waals surface area contributed by atoms with Crippen LogP contribution in [0.3, 0.4) is 0 Å². The summed E-state index contributed by atoms with van der Waals surface area (Å²) in [5.41, 5.74) is 14.1. The van der Waals surface area contributed by atoms with Crippen LogP contribution in [0.4, 0.5) is 51.5 Å². The van der Waals surface area contributed by atoms with Crippen LogP contribution in [0.5, 0.6) is 0 Å². The minimum absolute atomic E-state index is 0.199. The number of aryl methyl sites for hydroxylation is 2. The van der Waals surface area contributed by atoms with Gasteiger partial charge in [-0.15, -0.1) is 0 Å². The Hall–Kier alpha value is -6.14. The molecule has 2 fully saturated rings. The van der Waals surface area contributed by atoms with Crippen molar-refractivity contribution >= 4 is 59.3 Å². The summed E-state index contributed by atoms with van der Waals surface area (Å²) in [6.45, 7) is 4.47. The standard InChI is InChI=1S/C46H70N8O15/c1-28-10-11-36(17-40(28)54-46(62)65-26-38(23-56)69-42(58)50-21-34-9-5-7-32(16-34)19-48)52-44(60)67-27-66-30(3)24-63-43(59)51-35-12-13-39(29(2)14-35)53-45(61)64-25-37(22-55)68-41(57)49-20-33-8-4-6-31(15-33)18-47/h10-14,17,30-34,37-38,55-56H,4-9,15-16,18-27,47-48H2,1-3H3,(H,49,57)(H,50,58)(H,51,59)(H,52,60)(H,53,61)(H,54,62). The number of carbonyl (C=O) groups is 6. The van der Waals surface area contributed by atoms with Gasteiger partial charge in [0.2, 0.25) is 0 Å². The number of aliphatic hydroxyl groups is 2. The van der Waals surface area contributed by atoms with Gasteiger partial charge in [-0.05, 0) is 138 Å². The van der Waals surface area contributed by atoms with Crippen LogP contribution in [0, 0.1) is 37.5 Å². The summed E-state index contributed by atoms with van der Waals surface area (Å²) >= 11 is 0. The van der Waals surface area contributed by atoms with E-state index < -0.39 is 81.5 Å². The summed E-state index contributed by atoms with van der Waals surface area (Å²) in [6.07, 6.45) is 0.385. The maximum Gasteiger partial charge on any atom is 0.413 e. The molecule has 384 valence electrons. The lowest BCUT2D eigenvalue weighted by Crippen LogP contribution is -2.37. The van der Waals surface area contributed by atoms with Gasteiger partial charge in [-0.1, -0.05) is 18.9 Å². The van der Waals surface area contributed by atoms with Gasteiger partial charge < -0.3 is 65.5 Å². The third kappa shape index (κ3) is 21.0. The number of ether oxygens (including phenoxy) is 7. The number of aliphatic hydroxyl groups excluding tert-OH is 2. The summed E-state index contributed by atoms with van der Waals surface area (Å²) in [6, 6.07) is 9.31. The molecule has 0 heterocycles. The molecule has 2 aliphatic carbocycles. The molecule has 12 N–H and O–H groups in total. The summed E-state index contributed by atoms with van der Waals surface area (Å²) < 4.78 is 36.5. The molecule has 6 amide bonds. The van der Waals surface area contributed by atoms with Crippen molar-refractivity contribution in [2.75, 3.05) is 87.3 Å². The van der Waals surface area contributed by atoms with Gasteiger partial charge in [0.05, 0.1) is 19.3 Å². The van der Waals surface area contributed by atoms with Crippen LogP contribution in [0.1, 0.15) is 69.4 Å². The van der Waals surface area contributed by atoms with Crippen molar-refractivity contribution in [3.05, 3.63) is 47.5 Å². The monoisotopic (exact) mass is 974 g/mol. The highest BCUT2D eigenvalue weighted by molar-refractivity contribution is 5.90. The average molecular weight is 975 g/mol. The Bertz CT molecular complexity index is 1980. The lowest BCUT2D eigenvalue weighted by molar-refractivity contribution is -0.0643. The van der Waals surface area contributed by atoms with E-state index in [-0.39, 0.29) is 18.9 Å². The summed E-state index contributed by atoms with van der Waals surface area (Å²) in [7, 11) is 0. The third-order valence-corrected chi connectivity index (χ3v) is 11.7. The van der Waals surface area contributed by atoms with E-state index in [2.05, 4.69) is 31.9 Å². The van der Waals surface area contributed by atoms with Gasteiger partial charge >= 0.3 is 36.6 Å². The van der Waals surface area contributed by atoms with Gasteiger partial charge in [-0.2, -0.15) is 0 Å². The molecule has 0 saturated heterocycles. The fourth-order valence-corrected chi connectivity index (χ4v) is 7.79. The van der Waals surface area contributed by atoms with Crippen LogP contribution >= 0.6 is 0 Å². The normalized spacial score (nSPS) is 19.0. The van der Waals surface area contributed by atoms with Crippen molar-refractivity contribution < 1.29 is 72.1 Å². The van der Waals surface area contributed by atoms with Crippen molar-refractivity contribution in [1.29, 1.82) is 0 Å². The van der Waals surface area contributed by atoms with E-state index in [1.807, 2.05) is 0 Å². The second-order valence-electron chi connectivity index (χ2n) is 17.3. The van der Waals surface area contributed by atoms with Crippen LogP contribution in [0.15, 0.2) is 36.4 Å². The van der Waals surface area contributed by atoms with E-state index in [0.717, 1.165) is 51.4 Å². The first kappa shape index (κ1) is 55.5. The Kier molecular flexibility index (Phi) is 23.9. The molecule has 69 heavy (non-hydrogen) atoms. The predicted octanol–water partition coefficient (Wildman–Crippen LogP) is 5.26. The molecule has 0 aromatic heterocycles. The molecule has 2 aromatic carbocycles. The quantitative estimate of drug-likeness (QED) is 0.0501. The van der Waals surface area contributed by atoms with Gasteiger partial charge in [0, 0.05) is 35.8 Å². The van der Waals surface area contributed by atoms with E-state index in [4.69, 9.17) is 44.6 Å². The number of amides is 6. The number of nitrogens with one attached hydrogen (secondary N) is 6. The van der Waals surface area contributed by atoms with Crippen molar-refractivity contribution in [2.24, 2.45) is 35.1 Å². The molecular weight excluding hydrogens is 905 g/mol. The number of anilines is 4. The number of nitrogens with two attached hydrogens (primary N) is 2. The topological polar surface area (TPSA) is 332 Å². The Morgan fingerprint density at radius 1 is 0.580 bits per heavy atom. The molecule has 7 unspecified atom stereocenters. The number of alkyl carbamates (subject to hydrolysis) is 2. The van der Waals surface area contributed by atoms with Crippen LogP contribution in [0.2, 0.25) is 0 Å². The number of carbonyl (C=O) groups excluding carboxylic acids is 6. The minimum Gasteiger partial charge on any atom is -0.447 e.